The number of aryl methyl sites for hydroxylation is 1. The van der Waals surface area contributed by atoms with Gasteiger partial charge in [-0.3, -0.25) is 19.9 Å². The Morgan fingerprint density at radius 3 is 1.91 bits per heavy atom. The van der Waals surface area contributed by atoms with Crippen LogP contribution in [0.25, 0.3) is 66.4 Å². The van der Waals surface area contributed by atoms with Gasteiger partial charge in [-0.1, -0.05) is 0 Å². The Labute approximate surface area is 293 Å². The van der Waals surface area contributed by atoms with E-state index in [1.54, 1.807) is 37.2 Å². The third-order valence-electron chi connectivity index (χ3n) is 7.10. The minimum absolute atomic E-state index is 0. The molecule has 0 unspecified atom stereocenters. The average Bonchev–Trinajstić information content (AvgIpc) is 3.56. The second-order valence-electron chi connectivity index (χ2n) is 9.63. The van der Waals surface area contributed by atoms with Crippen molar-refractivity contribution in [3.63, 3.8) is 0 Å². The molecule has 0 bridgehead atoms. The monoisotopic (exact) mass is 818 g/mol. The van der Waals surface area contributed by atoms with E-state index in [4.69, 9.17) is 0 Å². The number of aromatic amines is 1. The van der Waals surface area contributed by atoms with Gasteiger partial charge in [0.25, 0.3) is 0 Å². The Kier molecular flexibility index (Phi) is 9.75. The van der Waals surface area contributed by atoms with Gasteiger partial charge in [-0.25, -0.2) is 18.7 Å². The summed E-state index contributed by atoms with van der Waals surface area (Å²) in [5.41, 5.74) is 6.66. The number of aromatic nitrogens is 8. The smallest absolute Gasteiger partial charge is 0.870 e. The van der Waals surface area contributed by atoms with Gasteiger partial charge in [0.15, 0.2) is 11.6 Å². The zero-order valence-electron chi connectivity index (χ0n) is 23.7. The average molecular weight is 818 g/mol. The first kappa shape index (κ1) is 32.8. The SMILES string of the molecule is Cn1c2cnc(-c3cccnc3)cc2c2c(I)c(F)cnc21.Fc1cnc2[nH]c3cnc(-c4cccnc4)cc3c2c1I.[Li+].[OH-]. The second kappa shape index (κ2) is 13.4. The molecule has 218 valence electrons. The third kappa shape index (κ3) is 5.90. The Balaban J connectivity index is 0.000000170. The zero-order valence-corrected chi connectivity index (χ0v) is 28.0. The summed E-state index contributed by atoms with van der Waals surface area (Å²) in [5.74, 6) is -0.621. The van der Waals surface area contributed by atoms with Crippen molar-refractivity contribution < 1.29 is 33.1 Å². The third-order valence-corrected chi connectivity index (χ3v) is 9.21. The summed E-state index contributed by atoms with van der Waals surface area (Å²) in [7, 11) is 1.91. The van der Waals surface area contributed by atoms with Crippen LogP contribution in [0.2, 0.25) is 0 Å². The van der Waals surface area contributed by atoms with E-state index in [0.717, 1.165) is 60.7 Å². The fourth-order valence-corrected chi connectivity index (χ4v) is 6.38. The van der Waals surface area contributed by atoms with Crippen molar-refractivity contribution in [1.29, 1.82) is 0 Å². The minimum atomic E-state index is -0.316. The zero-order chi connectivity index (χ0) is 29.7. The van der Waals surface area contributed by atoms with E-state index in [2.05, 4.69) is 34.9 Å². The Morgan fingerprint density at radius 2 is 1.29 bits per heavy atom. The van der Waals surface area contributed by atoms with Crippen LogP contribution >= 0.6 is 45.2 Å². The summed E-state index contributed by atoms with van der Waals surface area (Å²) >= 11 is 4.04. The van der Waals surface area contributed by atoms with Crippen LogP contribution in [-0.2, 0) is 7.05 Å². The number of fused-ring (bicyclic) bond motifs is 6. The molecule has 8 aromatic rings. The summed E-state index contributed by atoms with van der Waals surface area (Å²) in [5, 5.41) is 3.47. The van der Waals surface area contributed by atoms with Gasteiger partial charge in [0.2, 0.25) is 0 Å². The number of H-pyrrole nitrogens is 1. The van der Waals surface area contributed by atoms with Crippen molar-refractivity contribution in [2.24, 2.45) is 7.05 Å². The molecule has 2 N–H and O–H groups in total. The molecule has 0 saturated carbocycles. The fraction of sp³-hybridized carbons (Fsp3) is 0.0323. The molecule has 0 aliphatic heterocycles. The maximum Gasteiger partial charge on any atom is 1.00 e. The summed E-state index contributed by atoms with van der Waals surface area (Å²) in [6.07, 6.45) is 13.0. The molecule has 14 heteroatoms. The van der Waals surface area contributed by atoms with Gasteiger partial charge < -0.3 is 15.0 Å². The molecule has 0 aromatic carbocycles. The van der Waals surface area contributed by atoms with Crippen molar-refractivity contribution in [2.75, 3.05) is 0 Å². The maximum atomic E-state index is 13.9. The first-order chi connectivity index (χ1) is 20.9. The number of pyridine rings is 6. The van der Waals surface area contributed by atoms with Gasteiger partial charge in [-0.15, -0.1) is 0 Å². The molecule has 0 fully saturated rings. The van der Waals surface area contributed by atoms with Crippen LogP contribution in [0.1, 0.15) is 0 Å². The summed E-state index contributed by atoms with van der Waals surface area (Å²) in [6.45, 7) is 0. The second-order valence-corrected chi connectivity index (χ2v) is 11.8. The normalized spacial score (nSPS) is 10.9. The summed E-state index contributed by atoms with van der Waals surface area (Å²) in [6, 6.07) is 11.5. The first-order valence-corrected chi connectivity index (χ1v) is 15.1. The molecule has 0 amide bonds. The molecule has 0 aliphatic carbocycles. The standard InChI is InChI=1S/C16H10FIN4.C15H8FIN4.Li.H2O/c1-22-13-8-20-12(9-3-2-4-19-6-9)5-10(13)14-15(18)11(17)7-21-16(14)22;16-10-6-20-15-13(14(10)17)9-4-11(19-7-12(9)21-15)8-2-1-3-18-5-8;;/h2-8H,1H3;1-7H,(H,20,21);;1H2/q;;+1;/p-1. The molecule has 8 aromatic heterocycles. The van der Waals surface area contributed by atoms with Crippen molar-refractivity contribution in [1.82, 2.24) is 39.5 Å². The van der Waals surface area contributed by atoms with E-state index < -0.39 is 0 Å². The van der Waals surface area contributed by atoms with E-state index in [1.165, 1.54) is 12.4 Å². The van der Waals surface area contributed by atoms with Crippen molar-refractivity contribution in [3.05, 3.63) is 105 Å². The maximum absolute atomic E-state index is 13.9. The van der Waals surface area contributed by atoms with Crippen LogP contribution in [-0.4, -0.2) is 44.9 Å². The number of rotatable bonds is 2. The number of halogens is 4. The number of hydrogen-bond acceptors (Lipinski definition) is 7. The van der Waals surface area contributed by atoms with Crippen LogP contribution in [0, 0.1) is 18.8 Å². The molecular formula is C31H19F2I2LiN8O. The van der Waals surface area contributed by atoms with Gasteiger partial charge in [-0.05, 0) is 81.6 Å². The van der Waals surface area contributed by atoms with E-state index in [9.17, 15) is 8.78 Å². The van der Waals surface area contributed by atoms with Crippen LogP contribution in [0.4, 0.5) is 8.78 Å². The van der Waals surface area contributed by atoms with Crippen LogP contribution < -0.4 is 18.9 Å². The largest absolute Gasteiger partial charge is 1.00 e. The van der Waals surface area contributed by atoms with Crippen molar-refractivity contribution in [2.45, 2.75) is 0 Å². The molecule has 0 aliphatic rings. The topological polar surface area (TPSA) is 128 Å². The number of nitrogens with one attached hydrogen (secondary N) is 1. The Bertz CT molecular complexity index is 2320. The molecule has 0 atom stereocenters. The molecule has 45 heavy (non-hydrogen) atoms. The van der Waals surface area contributed by atoms with Crippen LogP contribution in [0.15, 0.2) is 86.0 Å². The number of hydrogen-bond donors (Lipinski definition) is 1. The first-order valence-electron chi connectivity index (χ1n) is 12.9. The molecular weight excluding hydrogens is 799 g/mol. The van der Waals surface area contributed by atoms with E-state index in [0.29, 0.717) is 12.8 Å². The molecule has 8 heterocycles. The molecule has 0 radical (unpaired) electrons. The van der Waals surface area contributed by atoms with Crippen LogP contribution in [0.3, 0.4) is 0 Å². The van der Waals surface area contributed by atoms with Gasteiger partial charge >= 0.3 is 18.9 Å². The Morgan fingerprint density at radius 1 is 0.711 bits per heavy atom. The van der Waals surface area contributed by atoms with Gasteiger partial charge in [0.05, 0.1) is 54.3 Å². The van der Waals surface area contributed by atoms with Crippen molar-refractivity contribution in [3.8, 4) is 22.5 Å². The van der Waals surface area contributed by atoms with E-state index in [-0.39, 0.29) is 36.0 Å². The molecule has 0 saturated heterocycles. The van der Waals surface area contributed by atoms with Crippen LogP contribution in [0.5, 0.6) is 0 Å². The van der Waals surface area contributed by atoms with Gasteiger partial charge in [0.1, 0.15) is 11.3 Å². The molecule has 8 rings (SSSR count). The number of nitrogens with zero attached hydrogens (tertiary/aromatic N) is 7. The van der Waals surface area contributed by atoms with E-state index >= 15 is 0 Å². The van der Waals surface area contributed by atoms with Crippen molar-refractivity contribution >= 4 is 89.1 Å². The Hall–Kier alpha value is -3.62. The molecule has 0 spiro atoms. The predicted octanol–water partition coefficient (Wildman–Crippen LogP) is 4.67. The predicted molar refractivity (Wildman–Crippen MR) is 181 cm³/mol. The summed E-state index contributed by atoms with van der Waals surface area (Å²) < 4.78 is 30.8. The van der Waals surface area contributed by atoms with E-state index in [1.807, 2.05) is 93.2 Å². The fourth-order valence-electron chi connectivity index (χ4n) is 5.02. The molecule has 9 nitrogen and oxygen atoms in total. The quantitative estimate of drug-likeness (QED) is 0.199. The minimum Gasteiger partial charge on any atom is -0.870 e. The van der Waals surface area contributed by atoms with Gasteiger partial charge in [0, 0.05) is 64.5 Å². The summed E-state index contributed by atoms with van der Waals surface area (Å²) in [4.78, 5) is 28.6. The van der Waals surface area contributed by atoms with Gasteiger partial charge in [-0.2, -0.15) is 0 Å².